The van der Waals surface area contributed by atoms with E-state index in [0.717, 1.165) is 11.1 Å². The van der Waals surface area contributed by atoms with Gasteiger partial charge < -0.3 is 5.73 Å². The zero-order chi connectivity index (χ0) is 10.7. The predicted molar refractivity (Wildman–Crippen MR) is 58.8 cm³/mol. The molecule has 0 unspecified atom stereocenters. The Balaban J connectivity index is 2.65. The standard InChI is InChI=1S/C12H9N3/c13-8-9-4-1-2-5-10(9)11-6-3-7-15-12(11)14/h1-7H,(H2,14,15). The van der Waals surface area contributed by atoms with Crippen LogP contribution in [0.15, 0.2) is 42.6 Å². The number of aromatic nitrogens is 1. The fourth-order valence-electron chi connectivity index (χ4n) is 1.46. The molecule has 0 fully saturated rings. The van der Waals surface area contributed by atoms with E-state index in [4.69, 9.17) is 11.0 Å². The van der Waals surface area contributed by atoms with Gasteiger partial charge in [-0.2, -0.15) is 5.26 Å². The maximum Gasteiger partial charge on any atom is 0.131 e. The largest absolute Gasteiger partial charge is 0.383 e. The SMILES string of the molecule is N#Cc1ccccc1-c1cccnc1N. The zero-order valence-corrected chi connectivity index (χ0v) is 8.01. The van der Waals surface area contributed by atoms with Gasteiger partial charge in [0.2, 0.25) is 0 Å². The van der Waals surface area contributed by atoms with Crippen LogP contribution in [-0.2, 0) is 0 Å². The molecule has 0 aliphatic carbocycles. The minimum atomic E-state index is 0.445. The first-order valence-corrected chi connectivity index (χ1v) is 4.53. The molecular weight excluding hydrogens is 186 g/mol. The Morgan fingerprint density at radius 2 is 1.80 bits per heavy atom. The molecule has 0 saturated heterocycles. The minimum absolute atomic E-state index is 0.445. The third-order valence-electron chi connectivity index (χ3n) is 2.18. The van der Waals surface area contributed by atoms with Crippen LogP contribution in [0.3, 0.4) is 0 Å². The maximum atomic E-state index is 8.96. The number of nitriles is 1. The summed E-state index contributed by atoms with van der Waals surface area (Å²) in [5.74, 6) is 0.445. The maximum absolute atomic E-state index is 8.96. The molecule has 0 aliphatic heterocycles. The molecule has 0 saturated carbocycles. The first kappa shape index (κ1) is 9.22. The van der Waals surface area contributed by atoms with Gasteiger partial charge >= 0.3 is 0 Å². The second kappa shape index (κ2) is 3.81. The molecule has 1 aromatic heterocycles. The number of nitrogen functional groups attached to an aromatic ring is 1. The van der Waals surface area contributed by atoms with E-state index in [-0.39, 0.29) is 0 Å². The van der Waals surface area contributed by atoms with Crippen LogP contribution in [0.4, 0.5) is 5.82 Å². The summed E-state index contributed by atoms with van der Waals surface area (Å²) < 4.78 is 0. The van der Waals surface area contributed by atoms with Crippen molar-refractivity contribution in [2.45, 2.75) is 0 Å². The van der Waals surface area contributed by atoms with E-state index in [1.54, 1.807) is 18.3 Å². The number of rotatable bonds is 1. The van der Waals surface area contributed by atoms with E-state index in [2.05, 4.69) is 11.1 Å². The Morgan fingerprint density at radius 1 is 1.07 bits per heavy atom. The molecule has 1 aromatic carbocycles. The molecule has 0 atom stereocenters. The van der Waals surface area contributed by atoms with Crippen molar-refractivity contribution in [2.24, 2.45) is 0 Å². The highest BCUT2D eigenvalue weighted by Crippen LogP contribution is 2.26. The van der Waals surface area contributed by atoms with Crippen molar-refractivity contribution in [3.63, 3.8) is 0 Å². The van der Waals surface area contributed by atoms with Crippen LogP contribution in [0.2, 0.25) is 0 Å². The van der Waals surface area contributed by atoms with E-state index < -0.39 is 0 Å². The molecule has 2 rings (SSSR count). The molecule has 2 aromatic rings. The highest BCUT2D eigenvalue weighted by atomic mass is 14.8. The molecule has 3 heteroatoms. The summed E-state index contributed by atoms with van der Waals surface area (Å²) in [6.45, 7) is 0. The van der Waals surface area contributed by atoms with E-state index in [0.29, 0.717) is 11.4 Å². The fourth-order valence-corrected chi connectivity index (χ4v) is 1.46. The van der Waals surface area contributed by atoms with Gasteiger partial charge in [-0.1, -0.05) is 18.2 Å². The molecule has 15 heavy (non-hydrogen) atoms. The van der Waals surface area contributed by atoms with Gasteiger partial charge in [-0.3, -0.25) is 0 Å². The Morgan fingerprint density at radius 3 is 2.53 bits per heavy atom. The molecule has 72 valence electrons. The lowest BCUT2D eigenvalue weighted by molar-refractivity contribution is 1.33. The van der Waals surface area contributed by atoms with Crippen molar-refractivity contribution < 1.29 is 0 Å². The molecule has 0 amide bonds. The molecule has 1 heterocycles. The number of benzene rings is 1. The molecule has 0 bridgehead atoms. The second-order valence-corrected chi connectivity index (χ2v) is 3.09. The van der Waals surface area contributed by atoms with Crippen LogP contribution < -0.4 is 5.73 Å². The smallest absolute Gasteiger partial charge is 0.131 e. The Hall–Kier alpha value is -2.34. The first-order chi connectivity index (χ1) is 7.33. The quantitative estimate of drug-likeness (QED) is 0.758. The van der Waals surface area contributed by atoms with Crippen molar-refractivity contribution in [3.05, 3.63) is 48.2 Å². The van der Waals surface area contributed by atoms with Crippen LogP contribution in [-0.4, -0.2) is 4.98 Å². The highest BCUT2D eigenvalue weighted by molar-refractivity contribution is 5.77. The third kappa shape index (κ3) is 1.65. The molecule has 0 spiro atoms. The van der Waals surface area contributed by atoms with Gasteiger partial charge in [0.05, 0.1) is 11.6 Å². The van der Waals surface area contributed by atoms with E-state index >= 15 is 0 Å². The van der Waals surface area contributed by atoms with Gasteiger partial charge in [-0.15, -0.1) is 0 Å². The van der Waals surface area contributed by atoms with Crippen molar-refractivity contribution in [2.75, 3.05) is 5.73 Å². The summed E-state index contributed by atoms with van der Waals surface area (Å²) in [7, 11) is 0. The predicted octanol–water partition coefficient (Wildman–Crippen LogP) is 2.20. The first-order valence-electron chi connectivity index (χ1n) is 4.53. The number of nitrogens with zero attached hydrogens (tertiary/aromatic N) is 2. The van der Waals surface area contributed by atoms with Gasteiger partial charge in [0.15, 0.2) is 0 Å². The summed E-state index contributed by atoms with van der Waals surface area (Å²) in [6.07, 6.45) is 1.63. The van der Waals surface area contributed by atoms with E-state index in [1.807, 2.05) is 24.3 Å². The van der Waals surface area contributed by atoms with Crippen LogP contribution >= 0.6 is 0 Å². The van der Waals surface area contributed by atoms with Crippen LogP contribution in [0.5, 0.6) is 0 Å². The molecule has 0 aliphatic rings. The van der Waals surface area contributed by atoms with Crippen molar-refractivity contribution >= 4 is 5.82 Å². The lowest BCUT2D eigenvalue weighted by atomic mass is 10.0. The van der Waals surface area contributed by atoms with Crippen molar-refractivity contribution in [3.8, 4) is 17.2 Å². The Labute approximate surface area is 87.8 Å². The van der Waals surface area contributed by atoms with Crippen LogP contribution in [0.25, 0.3) is 11.1 Å². The van der Waals surface area contributed by atoms with Crippen molar-refractivity contribution in [1.82, 2.24) is 4.98 Å². The van der Waals surface area contributed by atoms with E-state index in [1.165, 1.54) is 0 Å². The average molecular weight is 195 g/mol. The summed E-state index contributed by atoms with van der Waals surface area (Å²) in [5.41, 5.74) is 7.99. The lowest BCUT2D eigenvalue weighted by Gasteiger charge is -2.05. The van der Waals surface area contributed by atoms with Gasteiger partial charge in [0.1, 0.15) is 5.82 Å². The summed E-state index contributed by atoms with van der Waals surface area (Å²) in [4.78, 5) is 4.00. The van der Waals surface area contributed by atoms with Gasteiger partial charge in [-0.05, 0) is 18.2 Å². The number of hydrogen-bond acceptors (Lipinski definition) is 3. The second-order valence-electron chi connectivity index (χ2n) is 3.09. The van der Waals surface area contributed by atoms with Gasteiger partial charge in [-0.25, -0.2) is 4.98 Å². The average Bonchev–Trinajstić information content (AvgIpc) is 2.30. The molecule has 2 N–H and O–H groups in total. The summed E-state index contributed by atoms with van der Waals surface area (Å²) >= 11 is 0. The van der Waals surface area contributed by atoms with E-state index in [9.17, 15) is 0 Å². The fraction of sp³-hybridized carbons (Fsp3) is 0. The Bertz CT molecular complexity index is 526. The third-order valence-corrected chi connectivity index (χ3v) is 2.18. The zero-order valence-electron chi connectivity index (χ0n) is 8.01. The van der Waals surface area contributed by atoms with Crippen LogP contribution in [0.1, 0.15) is 5.56 Å². The number of pyridine rings is 1. The Kier molecular flexibility index (Phi) is 2.34. The minimum Gasteiger partial charge on any atom is -0.383 e. The normalized spacial score (nSPS) is 9.53. The summed E-state index contributed by atoms with van der Waals surface area (Å²) in [6, 6.07) is 13.1. The topological polar surface area (TPSA) is 62.7 Å². The van der Waals surface area contributed by atoms with Crippen LogP contribution in [0, 0.1) is 11.3 Å². The van der Waals surface area contributed by atoms with Gasteiger partial charge in [0, 0.05) is 17.3 Å². The number of anilines is 1. The molecular formula is C12H9N3. The number of hydrogen-bond donors (Lipinski definition) is 1. The van der Waals surface area contributed by atoms with Gasteiger partial charge in [0.25, 0.3) is 0 Å². The summed E-state index contributed by atoms with van der Waals surface area (Å²) in [5, 5.41) is 8.96. The monoisotopic (exact) mass is 195 g/mol. The van der Waals surface area contributed by atoms with Crippen molar-refractivity contribution in [1.29, 1.82) is 5.26 Å². The highest BCUT2D eigenvalue weighted by Gasteiger charge is 2.06. The molecule has 3 nitrogen and oxygen atoms in total. The lowest BCUT2D eigenvalue weighted by Crippen LogP contribution is -1.94. The number of nitrogens with two attached hydrogens (primary N) is 1. The molecule has 0 radical (unpaired) electrons.